The van der Waals surface area contributed by atoms with Crippen molar-refractivity contribution in [1.29, 1.82) is 0 Å². The van der Waals surface area contributed by atoms with E-state index < -0.39 is 0 Å². The van der Waals surface area contributed by atoms with E-state index in [9.17, 15) is 9.59 Å². The number of rotatable bonds is 5. The third-order valence-corrected chi connectivity index (χ3v) is 3.95. The maximum absolute atomic E-state index is 11.6. The van der Waals surface area contributed by atoms with Crippen LogP contribution in [0.5, 0.6) is 0 Å². The van der Waals surface area contributed by atoms with E-state index in [4.69, 9.17) is 4.74 Å². The Labute approximate surface area is 127 Å². The Morgan fingerprint density at radius 3 is 2.50 bits per heavy atom. The first-order chi connectivity index (χ1) is 9.63. The second kappa shape index (κ2) is 7.43. The zero-order valence-electron chi connectivity index (χ0n) is 11.2. The zero-order valence-corrected chi connectivity index (χ0v) is 12.8. The predicted octanol–water partition coefficient (Wildman–Crippen LogP) is 3.51. The van der Waals surface area contributed by atoms with Crippen molar-refractivity contribution in [1.82, 2.24) is 0 Å². The number of carbonyl (C=O) groups is 2. The number of carbonyl (C=O) groups excluding carboxylic acids is 2. The average molecular weight is 340 g/mol. The van der Waals surface area contributed by atoms with Crippen LogP contribution in [0, 0.1) is 5.92 Å². The van der Waals surface area contributed by atoms with Gasteiger partial charge in [0.25, 0.3) is 5.91 Å². The van der Waals surface area contributed by atoms with Crippen LogP contribution in [0.25, 0.3) is 0 Å². The third kappa shape index (κ3) is 4.96. The smallest absolute Gasteiger partial charge is 0.306 e. The second-order valence-corrected chi connectivity index (χ2v) is 5.99. The van der Waals surface area contributed by atoms with E-state index in [1.165, 1.54) is 12.8 Å². The van der Waals surface area contributed by atoms with Gasteiger partial charge in [0.05, 0.1) is 0 Å². The fourth-order valence-corrected chi connectivity index (χ4v) is 2.65. The van der Waals surface area contributed by atoms with Crippen molar-refractivity contribution in [2.75, 3.05) is 11.9 Å². The van der Waals surface area contributed by atoms with E-state index in [2.05, 4.69) is 21.2 Å². The van der Waals surface area contributed by atoms with Crippen LogP contribution >= 0.6 is 15.9 Å². The topological polar surface area (TPSA) is 55.4 Å². The highest BCUT2D eigenvalue weighted by molar-refractivity contribution is 9.10. The highest BCUT2D eigenvalue weighted by Gasteiger charge is 2.19. The number of hydrogen-bond acceptors (Lipinski definition) is 3. The van der Waals surface area contributed by atoms with Gasteiger partial charge in [0.1, 0.15) is 0 Å². The molecule has 1 amide bonds. The average Bonchev–Trinajstić information content (AvgIpc) is 2.92. The highest BCUT2D eigenvalue weighted by Crippen LogP contribution is 2.27. The van der Waals surface area contributed by atoms with E-state index in [1.54, 1.807) is 12.1 Å². The summed E-state index contributed by atoms with van der Waals surface area (Å²) < 4.78 is 5.94. The quantitative estimate of drug-likeness (QED) is 0.835. The number of nitrogens with one attached hydrogen (secondary N) is 1. The summed E-state index contributed by atoms with van der Waals surface area (Å²) in [5.74, 6) is -0.146. The van der Waals surface area contributed by atoms with Gasteiger partial charge in [-0.2, -0.15) is 0 Å². The molecule has 2 rings (SSSR count). The molecule has 1 saturated carbocycles. The van der Waals surface area contributed by atoms with Gasteiger partial charge in [-0.1, -0.05) is 28.8 Å². The molecule has 0 aromatic heterocycles. The molecule has 4 nitrogen and oxygen atoms in total. The largest absolute Gasteiger partial charge is 0.456 e. The van der Waals surface area contributed by atoms with Crippen LogP contribution < -0.4 is 5.32 Å². The van der Waals surface area contributed by atoms with Gasteiger partial charge in [-0.3, -0.25) is 9.59 Å². The lowest BCUT2D eigenvalue weighted by Gasteiger charge is -2.09. The molecular weight excluding hydrogens is 322 g/mol. The van der Waals surface area contributed by atoms with Crippen molar-refractivity contribution in [3.8, 4) is 0 Å². The van der Waals surface area contributed by atoms with E-state index in [-0.39, 0.29) is 18.5 Å². The molecular formula is C15H18BrNO3. The van der Waals surface area contributed by atoms with Gasteiger partial charge >= 0.3 is 5.97 Å². The lowest BCUT2D eigenvalue weighted by Crippen LogP contribution is -2.21. The third-order valence-electron chi connectivity index (χ3n) is 3.42. The Balaban J connectivity index is 1.69. The minimum absolute atomic E-state index is 0.221. The van der Waals surface area contributed by atoms with Gasteiger partial charge in [-0.25, -0.2) is 0 Å². The number of ether oxygens (including phenoxy) is 1. The lowest BCUT2D eigenvalue weighted by atomic mass is 10.1. The normalized spacial score (nSPS) is 15.1. The van der Waals surface area contributed by atoms with Gasteiger partial charge in [-0.05, 0) is 43.0 Å². The summed E-state index contributed by atoms with van der Waals surface area (Å²) >= 11 is 3.32. The summed E-state index contributed by atoms with van der Waals surface area (Å²) in [5, 5.41) is 2.68. The number of hydrogen-bond donors (Lipinski definition) is 1. The number of amides is 1. The van der Waals surface area contributed by atoms with Crippen LogP contribution in [0.4, 0.5) is 5.69 Å². The number of esters is 1. The van der Waals surface area contributed by atoms with Crippen molar-refractivity contribution < 1.29 is 14.3 Å². The number of anilines is 1. The molecule has 108 valence electrons. The van der Waals surface area contributed by atoms with Crippen LogP contribution in [0.3, 0.4) is 0 Å². The molecule has 0 spiro atoms. The van der Waals surface area contributed by atoms with Gasteiger partial charge < -0.3 is 10.1 Å². The Bertz CT molecular complexity index is 467. The molecule has 0 heterocycles. The summed E-state index contributed by atoms with van der Waals surface area (Å²) in [4.78, 5) is 23.2. The molecule has 1 aliphatic carbocycles. The van der Waals surface area contributed by atoms with Crippen molar-refractivity contribution in [2.45, 2.75) is 32.1 Å². The van der Waals surface area contributed by atoms with Gasteiger partial charge in [0.15, 0.2) is 6.61 Å². The Morgan fingerprint density at radius 2 is 1.85 bits per heavy atom. The number of halogens is 1. The molecule has 1 fully saturated rings. The molecule has 0 bridgehead atoms. The summed E-state index contributed by atoms with van der Waals surface area (Å²) in [7, 11) is 0. The molecule has 1 aromatic rings. The molecule has 20 heavy (non-hydrogen) atoms. The summed E-state index contributed by atoms with van der Waals surface area (Å²) in [6, 6.07) is 7.23. The molecule has 0 aliphatic heterocycles. The van der Waals surface area contributed by atoms with Crippen LogP contribution in [-0.4, -0.2) is 18.5 Å². The van der Waals surface area contributed by atoms with Gasteiger partial charge in [-0.15, -0.1) is 0 Å². The van der Waals surface area contributed by atoms with Crippen LogP contribution in [0.15, 0.2) is 28.7 Å². The molecule has 1 aliphatic rings. The molecule has 1 aromatic carbocycles. The SMILES string of the molecule is O=C(COC(=O)CC1CCCC1)Nc1ccc(Br)cc1. The molecule has 0 unspecified atom stereocenters. The Hall–Kier alpha value is -1.36. The highest BCUT2D eigenvalue weighted by atomic mass is 79.9. The van der Waals surface area contributed by atoms with Gasteiger partial charge in [0.2, 0.25) is 0 Å². The predicted molar refractivity (Wildman–Crippen MR) is 80.3 cm³/mol. The van der Waals surface area contributed by atoms with Crippen molar-refractivity contribution in [2.24, 2.45) is 5.92 Å². The van der Waals surface area contributed by atoms with E-state index in [1.807, 2.05) is 12.1 Å². The van der Waals surface area contributed by atoms with Crippen LogP contribution in [0.1, 0.15) is 32.1 Å². The minimum Gasteiger partial charge on any atom is -0.456 e. The fourth-order valence-electron chi connectivity index (χ4n) is 2.39. The summed E-state index contributed by atoms with van der Waals surface area (Å²) in [6.45, 7) is -0.221. The van der Waals surface area contributed by atoms with Crippen molar-refractivity contribution in [3.63, 3.8) is 0 Å². The Kier molecular flexibility index (Phi) is 5.59. The van der Waals surface area contributed by atoms with E-state index in [0.717, 1.165) is 17.3 Å². The maximum Gasteiger partial charge on any atom is 0.306 e. The van der Waals surface area contributed by atoms with Crippen LogP contribution in [0.2, 0.25) is 0 Å². The summed E-state index contributed by atoms with van der Waals surface area (Å²) in [6.07, 6.45) is 5.02. The summed E-state index contributed by atoms with van der Waals surface area (Å²) in [5.41, 5.74) is 0.685. The first-order valence-electron chi connectivity index (χ1n) is 6.84. The standard InChI is InChI=1S/C15H18BrNO3/c16-12-5-7-13(8-6-12)17-14(18)10-20-15(19)9-11-3-1-2-4-11/h5-8,11H,1-4,9-10H2,(H,17,18). The van der Waals surface area contributed by atoms with E-state index in [0.29, 0.717) is 18.0 Å². The van der Waals surface area contributed by atoms with Crippen molar-refractivity contribution >= 4 is 33.5 Å². The Morgan fingerprint density at radius 1 is 1.20 bits per heavy atom. The first-order valence-corrected chi connectivity index (χ1v) is 7.64. The van der Waals surface area contributed by atoms with Crippen molar-refractivity contribution in [3.05, 3.63) is 28.7 Å². The van der Waals surface area contributed by atoms with Crippen LogP contribution in [-0.2, 0) is 14.3 Å². The molecule has 5 heteroatoms. The monoisotopic (exact) mass is 339 g/mol. The number of benzene rings is 1. The lowest BCUT2D eigenvalue weighted by molar-refractivity contribution is -0.148. The maximum atomic E-state index is 11.6. The fraction of sp³-hybridized carbons (Fsp3) is 0.467. The molecule has 0 atom stereocenters. The first kappa shape index (κ1) is 15.0. The molecule has 1 N–H and O–H groups in total. The van der Waals surface area contributed by atoms with E-state index >= 15 is 0 Å². The minimum atomic E-state index is -0.313. The zero-order chi connectivity index (χ0) is 14.4. The van der Waals surface area contributed by atoms with Gasteiger partial charge in [0, 0.05) is 16.6 Å². The molecule has 0 radical (unpaired) electrons. The molecule has 0 saturated heterocycles. The second-order valence-electron chi connectivity index (χ2n) is 5.07.